The number of carbonyl (C=O) groups is 1. The molecule has 0 aromatic rings. The maximum absolute atomic E-state index is 11.2. The van der Waals surface area contributed by atoms with Crippen LogP contribution in [0.25, 0.3) is 0 Å². The molecule has 0 spiro atoms. The zero-order valence-corrected chi connectivity index (χ0v) is 9.49. The van der Waals surface area contributed by atoms with Crippen LogP contribution in [-0.4, -0.2) is 44.2 Å². The second kappa shape index (κ2) is 5.78. The summed E-state index contributed by atoms with van der Waals surface area (Å²) >= 11 is 0.0899. The van der Waals surface area contributed by atoms with Crippen molar-refractivity contribution in [2.75, 3.05) is 6.61 Å². The van der Waals surface area contributed by atoms with Gasteiger partial charge >= 0.3 is 5.97 Å². The van der Waals surface area contributed by atoms with Crippen LogP contribution in [0.3, 0.4) is 0 Å². The van der Waals surface area contributed by atoms with Crippen molar-refractivity contribution >= 4 is 22.1 Å². The van der Waals surface area contributed by atoms with Gasteiger partial charge in [-0.2, -0.15) is 0 Å². The van der Waals surface area contributed by atoms with Gasteiger partial charge in [0.15, 0.2) is 6.23 Å². The molecular formula is C9H13NO5S. The van der Waals surface area contributed by atoms with Crippen molar-refractivity contribution in [3.05, 3.63) is 11.8 Å². The average Bonchev–Trinajstić information content (AvgIpc) is 2.23. The summed E-state index contributed by atoms with van der Waals surface area (Å²) < 4.78 is 15.3. The van der Waals surface area contributed by atoms with Gasteiger partial charge in [0, 0.05) is 5.70 Å². The van der Waals surface area contributed by atoms with E-state index < -0.39 is 18.3 Å². The van der Waals surface area contributed by atoms with Crippen LogP contribution in [0.5, 0.6) is 0 Å². The molecule has 1 aliphatic heterocycles. The van der Waals surface area contributed by atoms with E-state index >= 15 is 0 Å². The first-order valence-corrected chi connectivity index (χ1v) is 5.48. The van der Waals surface area contributed by atoms with Gasteiger partial charge in [0.1, 0.15) is 6.10 Å². The largest absolute Gasteiger partial charge is 0.466 e. The first kappa shape index (κ1) is 12.9. The van der Waals surface area contributed by atoms with E-state index in [1.165, 1.54) is 6.08 Å². The lowest BCUT2D eigenvalue weighted by Gasteiger charge is -2.25. The van der Waals surface area contributed by atoms with Crippen LogP contribution in [0.1, 0.15) is 13.3 Å². The number of hydrogen-bond acceptors (Lipinski definition) is 6. The van der Waals surface area contributed by atoms with E-state index in [2.05, 4.69) is 5.32 Å². The van der Waals surface area contributed by atoms with Crippen molar-refractivity contribution in [3.63, 3.8) is 0 Å². The van der Waals surface area contributed by atoms with Gasteiger partial charge in [-0.25, -0.2) is 4.21 Å². The number of aliphatic hydroxyl groups is 2. The average molecular weight is 247 g/mol. The molecule has 0 aromatic carbocycles. The standard InChI is InChI=1S/C9H13NO5S/c1-2-15-7(11)4-5-3-6(16-14)8(12)9(13)10-5/h3,8-10,12-13H,2,4H2,1H3. The molecule has 0 aromatic heterocycles. The topological polar surface area (TPSA) is 95.9 Å². The summed E-state index contributed by atoms with van der Waals surface area (Å²) in [5.74, 6) is -0.458. The fourth-order valence-corrected chi connectivity index (χ4v) is 1.68. The van der Waals surface area contributed by atoms with Crippen molar-refractivity contribution in [3.8, 4) is 0 Å². The third-order valence-corrected chi connectivity index (χ3v) is 2.53. The minimum atomic E-state index is -1.27. The summed E-state index contributed by atoms with van der Waals surface area (Å²) in [5, 5.41) is 21.2. The van der Waals surface area contributed by atoms with Crippen LogP contribution in [0, 0.1) is 0 Å². The van der Waals surface area contributed by atoms with E-state index in [4.69, 9.17) is 4.74 Å². The molecule has 1 heterocycles. The van der Waals surface area contributed by atoms with Gasteiger partial charge in [0.05, 0.1) is 29.1 Å². The number of rotatable bonds is 3. The molecule has 0 bridgehead atoms. The van der Waals surface area contributed by atoms with Gasteiger partial charge in [-0.3, -0.25) is 4.79 Å². The number of aliphatic hydroxyl groups excluding tert-OH is 2. The maximum Gasteiger partial charge on any atom is 0.311 e. The van der Waals surface area contributed by atoms with Crippen LogP contribution in [-0.2, 0) is 20.8 Å². The highest BCUT2D eigenvalue weighted by Crippen LogP contribution is 2.10. The second-order valence-electron chi connectivity index (χ2n) is 3.17. The molecule has 0 radical (unpaired) electrons. The Morgan fingerprint density at radius 1 is 1.62 bits per heavy atom. The summed E-state index contributed by atoms with van der Waals surface area (Å²) in [6.45, 7) is 1.95. The lowest BCUT2D eigenvalue weighted by atomic mass is 10.1. The Morgan fingerprint density at radius 2 is 2.31 bits per heavy atom. The number of carbonyl (C=O) groups excluding carboxylic acids is 1. The molecule has 2 atom stereocenters. The van der Waals surface area contributed by atoms with E-state index in [0.29, 0.717) is 5.70 Å². The summed E-state index contributed by atoms with van der Waals surface area (Å²) in [6.07, 6.45) is -1.24. The summed E-state index contributed by atoms with van der Waals surface area (Å²) in [6, 6.07) is 0. The molecule has 2 unspecified atom stereocenters. The molecule has 0 amide bonds. The van der Waals surface area contributed by atoms with Gasteiger partial charge in [0.2, 0.25) is 0 Å². The number of esters is 1. The molecule has 0 saturated carbocycles. The quantitative estimate of drug-likeness (QED) is 0.414. The molecule has 7 heteroatoms. The minimum Gasteiger partial charge on any atom is -0.466 e. The Hall–Kier alpha value is -1.18. The fourth-order valence-electron chi connectivity index (χ4n) is 1.27. The van der Waals surface area contributed by atoms with Crippen LogP contribution < -0.4 is 5.32 Å². The molecule has 0 aliphatic carbocycles. The lowest BCUT2D eigenvalue weighted by molar-refractivity contribution is -0.142. The highest BCUT2D eigenvalue weighted by molar-refractivity contribution is 7.67. The number of nitrogens with one attached hydrogen (secondary N) is 1. The first-order valence-electron chi connectivity index (χ1n) is 4.74. The van der Waals surface area contributed by atoms with Crippen molar-refractivity contribution in [1.82, 2.24) is 5.32 Å². The smallest absolute Gasteiger partial charge is 0.311 e. The highest BCUT2D eigenvalue weighted by atomic mass is 32.1. The molecule has 90 valence electrons. The molecule has 1 aliphatic rings. The van der Waals surface area contributed by atoms with E-state index in [-0.39, 0.29) is 29.1 Å². The van der Waals surface area contributed by atoms with Gasteiger partial charge in [-0.1, -0.05) is 0 Å². The van der Waals surface area contributed by atoms with E-state index in [0.717, 1.165) is 0 Å². The van der Waals surface area contributed by atoms with Gasteiger partial charge in [-0.15, -0.1) is 0 Å². The summed E-state index contributed by atoms with van der Waals surface area (Å²) in [5.41, 5.74) is 0.356. The fraction of sp³-hybridized carbons (Fsp3) is 0.556. The molecule has 1 rings (SSSR count). The first-order chi connectivity index (χ1) is 7.58. The highest BCUT2D eigenvalue weighted by Gasteiger charge is 2.27. The molecule has 0 fully saturated rings. The van der Waals surface area contributed by atoms with Crippen LogP contribution in [0.4, 0.5) is 0 Å². The van der Waals surface area contributed by atoms with E-state index in [1.807, 2.05) is 0 Å². The lowest BCUT2D eigenvalue weighted by Crippen LogP contribution is -2.47. The van der Waals surface area contributed by atoms with Gasteiger partial charge in [0.25, 0.3) is 0 Å². The predicted molar refractivity (Wildman–Crippen MR) is 57.6 cm³/mol. The molecule has 0 saturated heterocycles. The molecular weight excluding hydrogens is 234 g/mol. The van der Waals surface area contributed by atoms with Gasteiger partial charge < -0.3 is 20.3 Å². The minimum absolute atomic E-state index is 0.0678. The Kier molecular flexibility index (Phi) is 4.66. The van der Waals surface area contributed by atoms with E-state index in [9.17, 15) is 19.2 Å². The maximum atomic E-state index is 11.2. The zero-order chi connectivity index (χ0) is 12.1. The van der Waals surface area contributed by atoms with Gasteiger partial charge in [-0.05, 0) is 13.0 Å². The zero-order valence-electron chi connectivity index (χ0n) is 8.67. The van der Waals surface area contributed by atoms with Crippen molar-refractivity contribution in [2.24, 2.45) is 0 Å². The Balaban J connectivity index is 2.75. The third-order valence-electron chi connectivity index (χ3n) is 1.98. The summed E-state index contributed by atoms with van der Waals surface area (Å²) in [4.78, 5) is 11.2. The van der Waals surface area contributed by atoms with Crippen LogP contribution in [0.15, 0.2) is 11.8 Å². The second-order valence-corrected chi connectivity index (χ2v) is 3.81. The molecule has 3 N–H and O–H groups in total. The van der Waals surface area contributed by atoms with E-state index in [1.54, 1.807) is 6.92 Å². The molecule has 6 nitrogen and oxygen atoms in total. The van der Waals surface area contributed by atoms with Crippen LogP contribution >= 0.6 is 0 Å². The summed E-state index contributed by atoms with van der Waals surface area (Å²) in [7, 11) is 0. The monoisotopic (exact) mass is 247 g/mol. The Morgan fingerprint density at radius 3 is 2.88 bits per heavy atom. The van der Waals surface area contributed by atoms with Crippen molar-refractivity contribution in [1.29, 1.82) is 0 Å². The Labute approximate surface area is 96.0 Å². The normalized spacial score (nSPS) is 24.4. The number of hydrogen-bond donors (Lipinski definition) is 3. The Bertz CT molecular complexity index is 361. The SMILES string of the molecule is CCOC(=O)CC1=CC(=S=O)C(O)C(O)N1. The van der Waals surface area contributed by atoms with Crippen LogP contribution in [0.2, 0.25) is 0 Å². The number of ether oxygens (including phenoxy) is 1. The van der Waals surface area contributed by atoms with Crippen molar-refractivity contribution in [2.45, 2.75) is 25.7 Å². The third kappa shape index (κ3) is 3.16. The predicted octanol–water partition coefficient (Wildman–Crippen LogP) is -1.51. The molecule has 16 heavy (non-hydrogen) atoms. The van der Waals surface area contributed by atoms with Crippen molar-refractivity contribution < 1.29 is 24.0 Å².